The zero-order chi connectivity index (χ0) is 39.2. The van der Waals surface area contributed by atoms with E-state index in [4.69, 9.17) is 9.97 Å². The molecule has 1 aliphatic rings. The molecule has 0 bridgehead atoms. The van der Waals surface area contributed by atoms with E-state index < -0.39 is 0 Å². The van der Waals surface area contributed by atoms with E-state index in [0.717, 1.165) is 61.3 Å². The van der Waals surface area contributed by atoms with Crippen LogP contribution in [0.1, 0.15) is 25.0 Å². The maximum Gasteiger partial charge on any atom is 0.162 e. The van der Waals surface area contributed by atoms with Gasteiger partial charge in [0.15, 0.2) is 5.82 Å². The van der Waals surface area contributed by atoms with E-state index in [-0.39, 0.29) is 5.41 Å². The fourth-order valence-electron chi connectivity index (χ4n) is 9.69. The molecule has 0 radical (unpaired) electrons. The number of fused-ring (bicyclic) bond motifs is 9. The van der Waals surface area contributed by atoms with Gasteiger partial charge in [-0.15, -0.1) is 0 Å². The van der Waals surface area contributed by atoms with Crippen LogP contribution < -0.4 is 0 Å². The number of rotatable bonds is 5. The van der Waals surface area contributed by atoms with Gasteiger partial charge in [-0.1, -0.05) is 147 Å². The zero-order valence-corrected chi connectivity index (χ0v) is 32.8. The van der Waals surface area contributed by atoms with Crippen LogP contribution >= 0.6 is 0 Å². The van der Waals surface area contributed by atoms with Crippen LogP contribution in [0.25, 0.3) is 100 Å². The number of para-hydroxylation sites is 2. The highest BCUT2D eigenvalue weighted by molar-refractivity contribution is 6.16. The standard InChI is InChI=1S/C55H38N4/c1-55(2)46-26-16-15-25-41(46)42-33-44-43-31-37(27-29-48(43)58(50(44)34-47(42)55)39-21-11-5-12-22-39)38-28-30-49-45(32-38)51-52(35-17-7-3-8-18-35)56-53(36-19-9-4-10-20-36)57-54(51)59(49)40-23-13-6-14-24-40/h3-34H,1-2H3. The normalized spacial score (nSPS) is 13.1. The average molecular weight is 755 g/mol. The average Bonchev–Trinajstić information content (AvgIpc) is 3.88. The molecule has 3 aromatic heterocycles. The summed E-state index contributed by atoms with van der Waals surface area (Å²) < 4.78 is 4.74. The topological polar surface area (TPSA) is 35.6 Å². The highest BCUT2D eigenvalue weighted by Gasteiger charge is 2.36. The Balaban J connectivity index is 1.13. The lowest BCUT2D eigenvalue weighted by Gasteiger charge is -2.21. The van der Waals surface area contributed by atoms with Crippen LogP contribution in [0.3, 0.4) is 0 Å². The second kappa shape index (κ2) is 12.7. The van der Waals surface area contributed by atoms with Crippen LogP contribution in [0.4, 0.5) is 0 Å². The van der Waals surface area contributed by atoms with Crippen LogP contribution in [0, 0.1) is 0 Å². The first-order chi connectivity index (χ1) is 29.0. The molecule has 12 rings (SSSR count). The molecule has 0 N–H and O–H groups in total. The first kappa shape index (κ1) is 33.6. The minimum atomic E-state index is -0.0955. The van der Waals surface area contributed by atoms with Crippen molar-refractivity contribution in [2.24, 2.45) is 0 Å². The Hall–Kier alpha value is -7.56. The minimum Gasteiger partial charge on any atom is -0.309 e. The van der Waals surface area contributed by atoms with Gasteiger partial charge in [0.2, 0.25) is 0 Å². The summed E-state index contributed by atoms with van der Waals surface area (Å²) >= 11 is 0. The van der Waals surface area contributed by atoms with Crippen molar-refractivity contribution in [1.29, 1.82) is 0 Å². The lowest BCUT2D eigenvalue weighted by Crippen LogP contribution is -2.14. The Morgan fingerprint density at radius 2 is 0.932 bits per heavy atom. The summed E-state index contributed by atoms with van der Waals surface area (Å²) in [6.07, 6.45) is 0. The highest BCUT2D eigenvalue weighted by Crippen LogP contribution is 2.51. The monoisotopic (exact) mass is 754 g/mol. The summed E-state index contributed by atoms with van der Waals surface area (Å²) in [6.45, 7) is 4.72. The first-order valence-electron chi connectivity index (χ1n) is 20.3. The summed E-state index contributed by atoms with van der Waals surface area (Å²) in [4.78, 5) is 10.7. The smallest absolute Gasteiger partial charge is 0.162 e. The maximum absolute atomic E-state index is 5.36. The Kier molecular flexibility index (Phi) is 7.24. The molecule has 0 spiro atoms. The fourth-order valence-corrected chi connectivity index (χ4v) is 9.69. The lowest BCUT2D eigenvalue weighted by atomic mass is 9.82. The third-order valence-electron chi connectivity index (χ3n) is 12.5. The third-order valence-corrected chi connectivity index (χ3v) is 12.5. The van der Waals surface area contributed by atoms with Gasteiger partial charge in [-0.3, -0.25) is 4.57 Å². The minimum absolute atomic E-state index is 0.0955. The predicted molar refractivity (Wildman–Crippen MR) is 245 cm³/mol. The van der Waals surface area contributed by atoms with Gasteiger partial charge in [0.1, 0.15) is 5.65 Å². The Morgan fingerprint density at radius 3 is 1.61 bits per heavy atom. The fraction of sp³-hybridized carbons (Fsp3) is 0.0545. The predicted octanol–water partition coefficient (Wildman–Crippen LogP) is 14.0. The van der Waals surface area contributed by atoms with E-state index in [2.05, 4.69) is 199 Å². The van der Waals surface area contributed by atoms with E-state index in [1.807, 2.05) is 18.2 Å². The van der Waals surface area contributed by atoms with Crippen molar-refractivity contribution in [2.75, 3.05) is 0 Å². The molecule has 8 aromatic carbocycles. The van der Waals surface area contributed by atoms with E-state index in [1.165, 1.54) is 44.1 Å². The lowest BCUT2D eigenvalue weighted by molar-refractivity contribution is 0.661. The van der Waals surface area contributed by atoms with E-state index in [0.29, 0.717) is 5.82 Å². The Labute approximate surface area is 342 Å². The van der Waals surface area contributed by atoms with Crippen molar-refractivity contribution in [3.63, 3.8) is 0 Å². The zero-order valence-electron chi connectivity index (χ0n) is 32.8. The van der Waals surface area contributed by atoms with E-state index in [1.54, 1.807) is 0 Å². The first-order valence-corrected chi connectivity index (χ1v) is 20.3. The van der Waals surface area contributed by atoms with Crippen LogP contribution in [-0.2, 0) is 5.41 Å². The molecule has 0 saturated carbocycles. The Bertz CT molecular complexity index is 3430. The van der Waals surface area contributed by atoms with Gasteiger partial charge < -0.3 is 4.57 Å². The molecule has 0 unspecified atom stereocenters. The van der Waals surface area contributed by atoms with Crippen molar-refractivity contribution in [2.45, 2.75) is 19.3 Å². The number of hydrogen-bond donors (Lipinski definition) is 0. The number of benzene rings is 8. The number of aromatic nitrogens is 4. The summed E-state index contributed by atoms with van der Waals surface area (Å²) in [7, 11) is 0. The van der Waals surface area contributed by atoms with Gasteiger partial charge >= 0.3 is 0 Å². The molecule has 0 saturated heterocycles. The van der Waals surface area contributed by atoms with E-state index >= 15 is 0 Å². The highest BCUT2D eigenvalue weighted by atomic mass is 15.1. The molecule has 3 heterocycles. The van der Waals surface area contributed by atoms with Crippen molar-refractivity contribution >= 4 is 43.7 Å². The second-order valence-corrected chi connectivity index (χ2v) is 16.2. The molecule has 59 heavy (non-hydrogen) atoms. The summed E-state index contributed by atoms with van der Waals surface area (Å²) in [5.74, 6) is 0.704. The molecule has 278 valence electrons. The van der Waals surface area contributed by atoms with Gasteiger partial charge in [0.05, 0.1) is 27.6 Å². The molecule has 11 aromatic rings. The maximum atomic E-state index is 5.36. The van der Waals surface area contributed by atoms with Gasteiger partial charge in [-0.2, -0.15) is 0 Å². The summed E-state index contributed by atoms with van der Waals surface area (Å²) in [6, 6.07) is 69.9. The van der Waals surface area contributed by atoms with Gasteiger partial charge in [-0.05, 0) is 94.0 Å². The molecular weight excluding hydrogens is 717 g/mol. The van der Waals surface area contributed by atoms with Crippen molar-refractivity contribution in [1.82, 2.24) is 19.1 Å². The molecule has 1 aliphatic carbocycles. The molecule has 0 fully saturated rings. The molecule has 0 amide bonds. The van der Waals surface area contributed by atoms with Crippen molar-refractivity contribution in [3.05, 3.63) is 205 Å². The van der Waals surface area contributed by atoms with Crippen LogP contribution in [0.2, 0.25) is 0 Å². The van der Waals surface area contributed by atoms with Crippen molar-refractivity contribution < 1.29 is 0 Å². The number of hydrogen-bond acceptors (Lipinski definition) is 2. The Morgan fingerprint density at radius 1 is 0.390 bits per heavy atom. The molecule has 4 nitrogen and oxygen atoms in total. The second-order valence-electron chi connectivity index (χ2n) is 16.2. The quantitative estimate of drug-likeness (QED) is 0.175. The van der Waals surface area contributed by atoms with Gasteiger partial charge in [0.25, 0.3) is 0 Å². The van der Waals surface area contributed by atoms with Gasteiger partial charge in [0, 0.05) is 44.1 Å². The van der Waals surface area contributed by atoms with Crippen LogP contribution in [0.15, 0.2) is 194 Å². The van der Waals surface area contributed by atoms with Crippen LogP contribution in [0.5, 0.6) is 0 Å². The summed E-state index contributed by atoms with van der Waals surface area (Å²) in [5, 5.41) is 4.64. The van der Waals surface area contributed by atoms with Crippen LogP contribution in [-0.4, -0.2) is 19.1 Å². The number of nitrogens with zero attached hydrogens (tertiary/aromatic N) is 4. The SMILES string of the molecule is CC1(C)c2ccccc2-c2cc3c4cc(-c5ccc6c(c5)c5c(-c7ccccc7)nc(-c7ccccc7)nc5n6-c5ccccc5)ccc4n(-c4ccccc4)c3cc21. The summed E-state index contributed by atoms with van der Waals surface area (Å²) in [5.41, 5.74) is 17.2. The molecule has 0 aliphatic heterocycles. The molecular formula is C55H38N4. The molecule has 4 heteroatoms. The largest absolute Gasteiger partial charge is 0.309 e. The van der Waals surface area contributed by atoms with E-state index in [9.17, 15) is 0 Å². The molecule has 0 atom stereocenters. The van der Waals surface area contributed by atoms with Gasteiger partial charge in [-0.25, -0.2) is 9.97 Å². The van der Waals surface area contributed by atoms with Crippen molar-refractivity contribution in [3.8, 4) is 56.3 Å². The third kappa shape index (κ3) is 5.03.